The Morgan fingerprint density at radius 3 is 2.36 bits per heavy atom. The number of amides is 1. The first-order valence-corrected chi connectivity index (χ1v) is 7.72. The number of fused-ring (bicyclic) bond motifs is 1. The maximum Gasteiger partial charge on any atom is 0.341 e. The smallest absolute Gasteiger partial charge is 0.341 e. The van der Waals surface area contributed by atoms with Crippen molar-refractivity contribution in [3.8, 4) is 17.2 Å². The largest absolute Gasteiger partial charge is 1.00 e. The fourth-order valence-electron chi connectivity index (χ4n) is 3.03. The van der Waals surface area contributed by atoms with Crippen LogP contribution in [0.2, 0.25) is 0 Å². The van der Waals surface area contributed by atoms with Crippen molar-refractivity contribution in [1.29, 1.82) is 0 Å². The van der Waals surface area contributed by atoms with E-state index >= 15 is 0 Å². The molecule has 1 heterocycles. The van der Waals surface area contributed by atoms with Crippen LogP contribution in [0.5, 0.6) is 17.2 Å². The van der Waals surface area contributed by atoms with Crippen LogP contribution in [-0.2, 0) is 0 Å². The van der Waals surface area contributed by atoms with Crippen molar-refractivity contribution in [3.63, 3.8) is 0 Å². The quantitative estimate of drug-likeness (QED) is 0.670. The number of benzene rings is 2. The summed E-state index contributed by atoms with van der Waals surface area (Å²) >= 11 is 0. The molecule has 134 valence electrons. The van der Waals surface area contributed by atoms with Gasteiger partial charge in [-0.05, 0) is 29.7 Å². The zero-order valence-corrected chi connectivity index (χ0v) is 15.4. The van der Waals surface area contributed by atoms with Crippen LogP contribution in [0.15, 0.2) is 24.3 Å². The molecule has 3 rings (SSSR count). The molecule has 0 fully saturated rings. The van der Waals surface area contributed by atoms with Crippen LogP contribution in [0.1, 0.15) is 17.3 Å². The Kier molecular flexibility index (Phi) is 5.74. The van der Waals surface area contributed by atoms with Gasteiger partial charge in [0.15, 0.2) is 11.5 Å². The fourth-order valence-corrected chi connectivity index (χ4v) is 3.03. The van der Waals surface area contributed by atoms with Crippen molar-refractivity contribution in [2.45, 2.75) is 6.92 Å². The summed E-state index contributed by atoms with van der Waals surface area (Å²) in [5.74, 6) is 2.56. The van der Waals surface area contributed by atoms with E-state index in [0.29, 0.717) is 29.4 Å². The van der Waals surface area contributed by atoms with E-state index in [2.05, 4.69) is 4.99 Å². The average molecular weight is 365 g/mol. The van der Waals surface area contributed by atoms with E-state index in [1.807, 2.05) is 31.2 Å². The first-order valence-electron chi connectivity index (χ1n) is 7.72. The number of rotatable bonds is 4. The predicted molar refractivity (Wildman–Crippen MR) is 91.2 cm³/mol. The molecule has 1 aliphatic heterocycles. The van der Waals surface area contributed by atoms with Crippen LogP contribution in [0.4, 0.5) is 0 Å². The number of carbonyl (C=O) groups is 1. The van der Waals surface area contributed by atoms with Gasteiger partial charge in [0.1, 0.15) is 13.1 Å². The Labute approximate surface area is 152 Å². The first-order chi connectivity index (χ1) is 11.6. The van der Waals surface area contributed by atoms with Gasteiger partial charge in [0, 0.05) is 12.3 Å². The standard InChI is InChI=1S/C18H20N2O4.ClH/c1-11-19-7-8-20(11)18(21)12-5-6-14-13(9-12)10-15(22-2)17(24-4)16(14)23-3;/h5-6,9-10H,7-8H2,1-4H3;1H. The van der Waals surface area contributed by atoms with Gasteiger partial charge in [0.25, 0.3) is 0 Å². The summed E-state index contributed by atoms with van der Waals surface area (Å²) in [6.45, 7) is 3.37. The topological polar surface area (TPSA) is 62.0 Å². The minimum absolute atomic E-state index is 0. The Bertz CT molecular complexity index is 835. The van der Waals surface area contributed by atoms with Crippen molar-refractivity contribution in [1.82, 2.24) is 4.90 Å². The third kappa shape index (κ3) is 3.22. The second kappa shape index (κ2) is 7.61. The second-order valence-corrected chi connectivity index (χ2v) is 5.55. The van der Waals surface area contributed by atoms with Gasteiger partial charge in [-0.3, -0.25) is 4.99 Å². The minimum atomic E-state index is -0.0202. The molecule has 0 unspecified atom stereocenters. The van der Waals surface area contributed by atoms with Gasteiger partial charge in [-0.25, -0.2) is 4.79 Å². The predicted octanol–water partition coefficient (Wildman–Crippen LogP) is -2.18. The van der Waals surface area contributed by atoms with Crippen molar-refractivity contribution in [2.75, 3.05) is 34.4 Å². The van der Waals surface area contributed by atoms with Crippen LogP contribution < -0.4 is 31.6 Å². The third-order valence-corrected chi connectivity index (χ3v) is 4.25. The normalized spacial score (nSPS) is 13.3. The summed E-state index contributed by atoms with van der Waals surface area (Å²) in [6, 6.07) is 7.40. The minimum Gasteiger partial charge on any atom is -1.00 e. The molecule has 0 saturated carbocycles. The maximum atomic E-state index is 12.7. The maximum absolute atomic E-state index is 12.7. The lowest BCUT2D eigenvalue weighted by molar-refractivity contribution is -0.445. The fraction of sp³-hybridized carbons (Fsp3) is 0.333. The second-order valence-electron chi connectivity index (χ2n) is 5.55. The monoisotopic (exact) mass is 364 g/mol. The molecule has 7 heteroatoms. The van der Waals surface area contributed by atoms with Crippen molar-refractivity contribution in [3.05, 3.63) is 29.8 Å². The molecule has 2 aromatic rings. The summed E-state index contributed by atoms with van der Waals surface area (Å²) in [5, 5.41) is 1.73. The highest BCUT2D eigenvalue weighted by Gasteiger charge is 2.29. The molecule has 0 radical (unpaired) electrons. The Morgan fingerprint density at radius 1 is 1.08 bits per heavy atom. The van der Waals surface area contributed by atoms with Gasteiger partial charge in [-0.1, -0.05) is 0 Å². The van der Waals surface area contributed by atoms with Crippen LogP contribution in [0.3, 0.4) is 0 Å². The summed E-state index contributed by atoms with van der Waals surface area (Å²) in [7, 11) is 4.74. The third-order valence-electron chi connectivity index (χ3n) is 4.25. The van der Waals surface area contributed by atoms with Gasteiger partial charge in [-0.15, -0.1) is 0 Å². The summed E-state index contributed by atoms with van der Waals surface area (Å²) in [4.78, 5) is 17.6. The highest BCUT2D eigenvalue weighted by molar-refractivity contribution is 6.07. The molecular formula is C18H21ClN2O4. The Morgan fingerprint density at radius 2 is 1.80 bits per heavy atom. The lowest BCUT2D eigenvalue weighted by atomic mass is 10.0. The molecule has 0 atom stereocenters. The number of carbonyl (C=O) groups excluding carboxylic acids is 1. The first kappa shape index (κ1) is 18.9. The van der Waals surface area contributed by atoms with Gasteiger partial charge in [0.05, 0.1) is 26.9 Å². The SMILES string of the molecule is COc1cc2cc(C(=O)N3CC[NH+]=C3C)ccc2c(OC)c1OC.[Cl-]. The molecule has 0 aromatic heterocycles. The number of nitrogens with zero attached hydrogens (tertiary/aromatic N) is 1. The van der Waals surface area contributed by atoms with Gasteiger partial charge >= 0.3 is 5.91 Å². The zero-order chi connectivity index (χ0) is 17.3. The van der Waals surface area contributed by atoms with E-state index in [1.54, 1.807) is 26.2 Å². The number of hydrogen-bond donors (Lipinski definition) is 1. The number of amidine groups is 1. The highest BCUT2D eigenvalue weighted by Crippen LogP contribution is 2.43. The molecule has 6 nitrogen and oxygen atoms in total. The van der Waals surface area contributed by atoms with E-state index in [4.69, 9.17) is 14.2 Å². The van der Waals surface area contributed by atoms with Crippen molar-refractivity contribution in [2.24, 2.45) is 0 Å². The molecule has 0 aliphatic carbocycles. The average Bonchev–Trinajstić information content (AvgIpc) is 3.04. The molecule has 0 saturated heterocycles. The number of hydrogen-bond acceptors (Lipinski definition) is 4. The number of methoxy groups -OCH3 is 3. The van der Waals surface area contributed by atoms with E-state index < -0.39 is 0 Å². The van der Waals surface area contributed by atoms with E-state index in [0.717, 1.165) is 23.2 Å². The van der Waals surface area contributed by atoms with Gasteiger partial charge < -0.3 is 26.6 Å². The van der Waals surface area contributed by atoms with E-state index in [9.17, 15) is 4.79 Å². The van der Waals surface area contributed by atoms with Crippen molar-refractivity contribution >= 4 is 22.5 Å². The number of halogens is 1. The van der Waals surface area contributed by atoms with Gasteiger partial charge in [0.2, 0.25) is 11.6 Å². The molecule has 0 spiro atoms. The van der Waals surface area contributed by atoms with Gasteiger partial charge in [-0.2, -0.15) is 4.90 Å². The highest BCUT2D eigenvalue weighted by atomic mass is 35.5. The van der Waals surface area contributed by atoms with Crippen LogP contribution >= 0.6 is 0 Å². The molecule has 2 aromatic carbocycles. The Balaban J connectivity index is 0.00000225. The molecule has 25 heavy (non-hydrogen) atoms. The summed E-state index contributed by atoms with van der Waals surface area (Å²) < 4.78 is 16.3. The van der Waals surface area contributed by atoms with Crippen LogP contribution in [0, 0.1) is 0 Å². The lowest BCUT2D eigenvalue weighted by Crippen LogP contribution is -3.00. The molecule has 1 amide bonds. The molecule has 1 N–H and O–H groups in total. The van der Waals surface area contributed by atoms with Crippen molar-refractivity contribution < 1.29 is 36.4 Å². The number of nitrogens with one attached hydrogen (secondary N) is 1. The molecule has 0 bridgehead atoms. The summed E-state index contributed by atoms with van der Waals surface area (Å²) in [5.41, 5.74) is 0.625. The number of ether oxygens (including phenoxy) is 3. The summed E-state index contributed by atoms with van der Waals surface area (Å²) in [6.07, 6.45) is 0. The van der Waals surface area contributed by atoms with Crippen LogP contribution in [-0.4, -0.2) is 51.1 Å². The molecular weight excluding hydrogens is 344 g/mol. The zero-order valence-electron chi connectivity index (χ0n) is 14.7. The lowest BCUT2D eigenvalue weighted by Gasteiger charge is -2.15. The van der Waals surface area contributed by atoms with E-state index in [-0.39, 0.29) is 18.3 Å². The van der Waals surface area contributed by atoms with E-state index in [1.165, 1.54) is 0 Å². The van der Waals surface area contributed by atoms with Crippen LogP contribution in [0.25, 0.3) is 10.8 Å². The Hall–Kier alpha value is -2.47. The molecule has 1 aliphatic rings.